The molecule has 0 N–H and O–H groups in total. The van der Waals surface area contributed by atoms with Crippen LogP contribution in [0.3, 0.4) is 0 Å². The lowest BCUT2D eigenvalue weighted by Crippen LogP contribution is -2.12. The van der Waals surface area contributed by atoms with Crippen molar-refractivity contribution in [3.8, 4) is 0 Å². The lowest BCUT2D eigenvalue weighted by molar-refractivity contribution is -0.385. The Morgan fingerprint density at radius 2 is 2.04 bits per heavy atom. The molecule has 2 heterocycles. The van der Waals surface area contributed by atoms with Crippen molar-refractivity contribution in [3.05, 3.63) is 68.7 Å². The summed E-state index contributed by atoms with van der Waals surface area (Å²) >= 11 is 0. The van der Waals surface area contributed by atoms with E-state index in [2.05, 4.69) is 10.1 Å². The summed E-state index contributed by atoms with van der Waals surface area (Å²) in [5, 5.41) is 15.3. The fraction of sp³-hybridized carbons (Fsp3) is 0.350. The van der Waals surface area contributed by atoms with E-state index in [0.717, 1.165) is 28.3 Å². The second-order valence-electron chi connectivity index (χ2n) is 6.80. The maximum atomic E-state index is 12.3. The summed E-state index contributed by atoms with van der Waals surface area (Å²) in [5.74, 6) is -0.366. The van der Waals surface area contributed by atoms with Crippen LogP contribution in [0.4, 0.5) is 5.69 Å². The first-order valence-corrected chi connectivity index (χ1v) is 9.02. The lowest BCUT2D eigenvalue weighted by Gasteiger charge is -2.14. The van der Waals surface area contributed by atoms with E-state index in [1.54, 1.807) is 23.6 Å². The number of fused-ring (bicyclic) bond motifs is 1. The zero-order chi connectivity index (χ0) is 20.4. The number of benzene rings is 1. The molecule has 0 saturated carbocycles. The van der Waals surface area contributed by atoms with Crippen molar-refractivity contribution in [1.29, 1.82) is 0 Å². The van der Waals surface area contributed by atoms with Crippen LogP contribution in [0.1, 0.15) is 47.7 Å². The lowest BCUT2D eigenvalue weighted by atomic mass is 10.1. The van der Waals surface area contributed by atoms with E-state index in [0.29, 0.717) is 12.0 Å². The molecule has 0 aliphatic heterocycles. The van der Waals surface area contributed by atoms with Gasteiger partial charge in [0.25, 0.3) is 5.69 Å². The molecule has 0 spiro atoms. The summed E-state index contributed by atoms with van der Waals surface area (Å²) in [5.41, 5.74) is 5.02. The normalized spacial score (nSPS) is 12.1. The van der Waals surface area contributed by atoms with Crippen LogP contribution in [0.25, 0.3) is 5.65 Å². The van der Waals surface area contributed by atoms with Gasteiger partial charge in [0.2, 0.25) is 0 Å². The largest absolute Gasteiger partial charge is 0.458 e. The van der Waals surface area contributed by atoms with E-state index in [1.165, 1.54) is 12.1 Å². The molecule has 0 amide bonds. The van der Waals surface area contributed by atoms with Crippen LogP contribution in [-0.2, 0) is 16.0 Å². The predicted octanol–water partition coefficient (Wildman–Crippen LogP) is 3.80. The van der Waals surface area contributed by atoms with E-state index in [9.17, 15) is 14.9 Å². The Morgan fingerprint density at radius 1 is 1.29 bits per heavy atom. The van der Waals surface area contributed by atoms with E-state index < -0.39 is 11.0 Å². The quantitative estimate of drug-likeness (QED) is 0.365. The van der Waals surface area contributed by atoms with Crippen LogP contribution in [0.2, 0.25) is 0 Å². The molecule has 0 radical (unpaired) electrons. The number of rotatable bonds is 6. The van der Waals surface area contributed by atoms with E-state index in [-0.39, 0.29) is 18.1 Å². The number of hydrogen-bond donors (Lipinski definition) is 0. The minimum absolute atomic E-state index is 0.0273. The summed E-state index contributed by atoms with van der Waals surface area (Å²) in [4.78, 5) is 27.3. The molecular weight excluding hydrogens is 360 g/mol. The molecule has 0 fully saturated rings. The van der Waals surface area contributed by atoms with Crippen molar-refractivity contribution in [3.63, 3.8) is 0 Å². The van der Waals surface area contributed by atoms with E-state index in [4.69, 9.17) is 4.74 Å². The average molecular weight is 382 g/mol. The molecule has 8 nitrogen and oxygen atoms in total. The number of nitro benzene ring substituents is 1. The molecule has 1 atom stereocenters. The first kappa shape index (κ1) is 19.5. The Hall–Kier alpha value is -3.29. The number of esters is 1. The molecule has 0 saturated heterocycles. The molecule has 146 valence electrons. The van der Waals surface area contributed by atoms with E-state index >= 15 is 0 Å². The number of aryl methyl sites for hydroxylation is 3. The molecule has 28 heavy (non-hydrogen) atoms. The standard InChI is InChI=1S/C20H22N4O4/c1-12-10-19-21-13(2)18(14(3)23(19)22-12)8-9-20(25)28-15(4)16-6-5-7-17(11-16)24(26)27/h5-7,10-11,15H,8-9H2,1-4H3/t15-/m1/s1. The van der Waals surface area contributed by atoms with Gasteiger partial charge in [0.15, 0.2) is 5.65 Å². The van der Waals surface area contributed by atoms with Gasteiger partial charge in [-0.15, -0.1) is 0 Å². The molecule has 1 aromatic carbocycles. The minimum Gasteiger partial charge on any atom is -0.458 e. The van der Waals surface area contributed by atoms with Crippen molar-refractivity contribution < 1.29 is 14.5 Å². The third-order valence-electron chi connectivity index (χ3n) is 4.72. The number of non-ortho nitro benzene ring substituents is 1. The van der Waals surface area contributed by atoms with Crippen LogP contribution < -0.4 is 0 Å². The molecule has 0 unspecified atom stereocenters. The van der Waals surface area contributed by atoms with Gasteiger partial charge in [0.1, 0.15) is 6.10 Å². The number of nitrogens with zero attached hydrogens (tertiary/aromatic N) is 4. The third-order valence-corrected chi connectivity index (χ3v) is 4.72. The van der Waals surface area contributed by atoms with Gasteiger partial charge in [-0.1, -0.05) is 12.1 Å². The third kappa shape index (κ3) is 4.00. The first-order valence-electron chi connectivity index (χ1n) is 9.02. The molecule has 0 aliphatic carbocycles. The SMILES string of the molecule is Cc1cc2nc(C)c(CCC(=O)O[C@H](C)c3cccc([N+](=O)[O-])c3)c(C)n2n1. The van der Waals surface area contributed by atoms with Gasteiger partial charge in [-0.2, -0.15) is 5.10 Å². The van der Waals surface area contributed by atoms with Crippen molar-refractivity contribution in [2.24, 2.45) is 0 Å². The van der Waals surface area contributed by atoms with Gasteiger partial charge in [0.05, 0.1) is 10.6 Å². The number of aromatic nitrogens is 3. The smallest absolute Gasteiger partial charge is 0.306 e. The topological polar surface area (TPSA) is 99.6 Å². The molecule has 3 aromatic rings. The second-order valence-corrected chi connectivity index (χ2v) is 6.80. The predicted molar refractivity (Wildman–Crippen MR) is 103 cm³/mol. The highest BCUT2D eigenvalue weighted by Gasteiger charge is 2.17. The molecule has 0 aliphatic rings. The fourth-order valence-corrected chi connectivity index (χ4v) is 3.25. The second kappa shape index (κ2) is 7.75. The zero-order valence-corrected chi connectivity index (χ0v) is 16.3. The summed E-state index contributed by atoms with van der Waals surface area (Å²) in [6.45, 7) is 7.49. The molecule has 3 rings (SSSR count). The number of carbonyl (C=O) groups is 1. The summed E-state index contributed by atoms with van der Waals surface area (Å²) in [7, 11) is 0. The maximum absolute atomic E-state index is 12.3. The Balaban J connectivity index is 1.68. The van der Waals surface area contributed by atoms with Crippen molar-refractivity contribution in [2.45, 2.75) is 46.6 Å². The highest BCUT2D eigenvalue weighted by molar-refractivity contribution is 5.70. The highest BCUT2D eigenvalue weighted by atomic mass is 16.6. The van der Waals surface area contributed by atoms with Crippen molar-refractivity contribution in [2.75, 3.05) is 0 Å². The van der Waals surface area contributed by atoms with Crippen LogP contribution in [-0.4, -0.2) is 25.5 Å². The Kier molecular flexibility index (Phi) is 5.39. The maximum Gasteiger partial charge on any atom is 0.306 e. The molecule has 8 heteroatoms. The number of carbonyl (C=O) groups excluding carboxylic acids is 1. The summed E-state index contributed by atoms with van der Waals surface area (Å²) < 4.78 is 7.25. The van der Waals surface area contributed by atoms with Gasteiger partial charge < -0.3 is 4.74 Å². The Morgan fingerprint density at radius 3 is 2.75 bits per heavy atom. The van der Waals surface area contributed by atoms with Crippen molar-refractivity contribution in [1.82, 2.24) is 14.6 Å². The van der Waals surface area contributed by atoms with Gasteiger partial charge in [0, 0.05) is 36.0 Å². The summed E-state index contributed by atoms with van der Waals surface area (Å²) in [6, 6.07) is 8.03. The zero-order valence-electron chi connectivity index (χ0n) is 16.3. The van der Waals surface area contributed by atoms with Gasteiger partial charge >= 0.3 is 5.97 Å². The number of ether oxygens (including phenoxy) is 1. The monoisotopic (exact) mass is 382 g/mol. The fourth-order valence-electron chi connectivity index (χ4n) is 3.25. The number of nitro groups is 1. The van der Waals surface area contributed by atoms with Gasteiger partial charge in [-0.25, -0.2) is 9.50 Å². The van der Waals surface area contributed by atoms with Crippen LogP contribution in [0, 0.1) is 30.9 Å². The molecule has 0 bridgehead atoms. The molecular formula is C20H22N4O4. The van der Waals surface area contributed by atoms with E-state index in [1.807, 2.05) is 26.8 Å². The van der Waals surface area contributed by atoms with Crippen LogP contribution in [0.15, 0.2) is 30.3 Å². The van der Waals surface area contributed by atoms with Gasteiger partial charge in [-0.3, -0.25) is 14.9 Å². The Labute approximate surface area is 162 Å². The van der Waals surface area contributed by atoms with Crippen LogP contribution >= 0.6 is 0 Å². The minimum atomic E-state index is -0.566. The van der Waals surface area contributed by atoms with Gasteiger partial charge in [-0.05, 0) is 45.2 Å². The molecule has 2 aromatic heterocycles. The Bertz CT molecular complexity index is 1060. The number of hydrogen-bond acceptors (Lipinski definition) is 6. The average Bonchev–Trinajstić information content (AvgIpc) is 3.02. The van der Waals surface area contributed by atoms with Crippen molar-refractivity contribution >= 4 is 17.3 Å². The first-order chi connectivity index (χ1) is 13.3. The summed E-state index contributed by atoms with van der Waals surface area (Å²) in [6.07, 6.45) is 0.109. The van der Waals surface area contributed by atoms with Crippen LogP contribution in [0.5, 0.6) is 0 Å². The highest BCUT2D eigenvalue weighted by Crippen LogP contribution is 2.23.